The monoisotopic (exact) mass is 427 g/mol. The van der Waals surface area contributed by atoms with Crippen molar-refractivity contribution < 1.29 is 28.5 Å². The van der Waals surface area contributed by atoms with Crippen molar-refractivity contribution in [3.05, 3.63) is 42.0 Å². The van der Waals surface area contributed by atoms with Gasteiger partial charge in [0.1, 0.15) is 11.5 Å². The summed E-state index contributed by atoms with van der Waals surface area (Å²) in [5, 5.41) is 5.99. The van der Waals surface area contributed by atoms with Crippen molar-refractivity contribution >= 4 is 17.6 Å². The fourth-order valence-electron chi connectivity index (χ4n) is 3.33. The molecule has 0 radical (unpaired) electrons. The van der Waals surface area contributed by atoms with Gasteiger partial charge in [-0.25, -0.2) is 4.99 Å². The fourth-order valence-corrected chi connectivity index (χ4v) is 3.33. The molecule has 1 saturated heterocycles. The van der Waals surface area contributed by atoms with E-state index in [4.69, 9.17) is 23.7 Å². The minimum atomic E-state index is -0.327. The van der Waals surface area contributed by atoms with E-state index in [1.54, 1.807) is 50.6 Å². The van der Waals surface area contributed by atoms with Gasteiger partial charge in [0.2, 0.25) is 12.8 Å². The number of anilines is 1. The molecule has 0 bridgehead atoms. The molecule has 2 aromatic carbocycles. The number of benzene rings is 2. The Balaban J connectivity index is 1.54. The molecular formula is C22H25N3O6. The first-order valence-electron chi connectivity index (χ1n) is 10.0. The van der Waals surface area contributed by atoms with Crippen molar-refractivity contribution in [1.82, 2.24) is 5.32 Å². The van der Waals surface area contributed by atoms with Crippen LogP contribution in [0.2, 0.25) is 0 Å². The SMILES string of the molecule is COc1cc(NC(=NCC2CCCO2)NC(=O)c2ccc3c(c2)OCO3)cc(OC)c1. The number of amides is 1. The van der Waals surface area contributed by atoms with E-state index in [2.05, 4.69) is 15.6 Å². The second kappa shape index (κ2) is 9.57. The first kappa shape index (κ1) is 20.8. The largest absolute Gasteiger partial charge is 0.497 e. The van der Waals surface area contributed by atoms with Crippen LogP contribution in [-0.4, -0.2) is 52.1 Å². The van der Waals surface area contributed by atoms with Crippen molar-refractivity contribution in [3.63, 3.8) is 0 Å². The average molecular weight is 427 g/mol. The van der Waals surface area contributed by atoms with E-state index in [0.29, 0.717) is 46.8 Å². The zero-order valence-corrected chi connectivity index (χ0v) is 17.5. The summed E-state index contributed by atoms with van der Waals surface area (Å²) in [5.41, 5.74) is 1.09. The lowest BCUT2D eigenvalue weighted by atomic mass is 10.2. The van der Waals surface area contributed by atoms with Gasteiger partial charge in [-0.1, -0.05) is 0 Å². The van der Waals surface area contributed by atoms with Gasteiger partial charge in [-0.3, -0.25) is 10.1 Å². The molecule has 2 aliphatic rings. The number of fused-ring (bicyclic) bond motifs is 1. The molecule has 9 heteroatoms. The molecule has 0 aliphatic carbocycles. The van der Waals surface area contributed by atoms with Crippen molar-refractivity contribution in [2.24, 2.45) is 4.99 Å². The molecule has 0 aromatic heterocycles. The highest BCUT2D eigenvalue weighted by Crippen LogP contribution is 2.32. The van der Waals surface area contributed by atoms with Gasteiger partial charge in [0.15, 0.2) is 11.5 Å². The van der Waals surface area contributed by atoms with Crippen LogP contribution in [0.15, 0.2) is 41.4 Å². The molecule has 2 N–H and O–H groups in total. The van der Waals surface area contributed by atoms with Crippen LogP contribution in [0.25, 0.3) is 0 Å². The number of nitrogens with one attached hydrogen (secondary N) is 2. The number of guanidine groups is 1. The maximum Gasteiger partial charge on any atom is 0.258 e. The maximum absolute atomic E-state index is 12.9. The van der Waals surface area contributed by atoms with Crippen LogP contribution in [0.1, 0.15) is 23.2 Å². The fraction of sp³-hybridized carbons (Fsp3) is 0.364. The predicted molar refractivity (Wildman–Crippen MR) is 114 cm³/mol. The Labute approximate surface area is 180 Å². The number of hydrogen-bond acceptors (Lipinski definition) is 7. The Kier molecular flexibility index (Phi) is 6.42. The summed E-state index contributed by atoms with van der Waals surface area (Å²) in [7, 11) is 3.15. The molecule has 9 nitrogen and oxygen atoms in total. The Hall–Kier alpha value is -3.46. The molecule has 2 aromatic rings. The number of nitrogens with zero attached hydrogens (tertiary/aromatic N) is 1. The molecule has 2 heterocycles. The smallest absolute Gasteiger partial charge is 0.258 e. The molecule has 1 fully saturated rings. The van der Waals surface area contributed by atoms with Crippen LogP contribution in [0.5, 0.6) is 23.0 Å². The van der Waals surface area contributed by atoms with Gasteiger partial charge in [-0.2, -0.15) is 0 Å². The second-order valence-corrected chi connectivity index (χ2v) is 7.07. The van der Waals surface area contributed by atoms with Crippen LogP contribution in [0.4, 0.5) is 5.69 Å². The number of rotatable bonds is 6. The quantitative estimate of drug-likeness (QED) is 0.540. The zero-order valence-electron chi connectivity index (χ0n) is 17.5. The summed E-state index contributed by atoms with van der Waals surface area (Å²) in [4.78, 5) is 17.4. The second-order valence-electron chi connectivity index (χ2n) is 7.07. The van der Waals surface area contributed by atoms with Gasteiger partial charge < -0.3 is 29.0 Å². The van der Waals surface area contributed by atoms with E-state index < -0.39 is 0 Å². The van der Waals surface area contributed by atoms with E-state index in [1.807, 2.05) is 0 Å². The minimum absolute atomic E-state index is 0.0408. The third kappa shape index (κ3) is 5.18. The average Bonchev–Trinajstić information content (AvgIpc) is 3.48. The highest BCUT2D eigenvalue weighted by molar-refractivity contribution is 6.10. The van der Waals surface area contributed by atoms with Crippen LogP contribution >= 0.6 is 0 Å². The molecule has 0 saturated carbocycles. The number of carbonyl (C=O) groups excluding carboxylic acids is 1. The highest BCUT2D eigenvalue weighted by atomic mass is 16.7. The van der Waals surface area contributed by atoms with Gasteiger partial charge in [0.25, 0.3) is 5.91 Å². The first-order valence-corrected chi connectivity index (χ1v) is 10.0. The standard InChI is InChI=1S/C22H25N3O6/c1-27-17-9-15(10-18(11-17)28-2)24-22(23-12-16-4-3-7-29-16)25-21(26)14-5-6-19-20(8-14)31-13-30-19/h5-6,8-11,16H,3-4,7,12-13H2,1-2H3,(H2,23,24,25,26). The molecule has 1 atom stereocenters. The topological polar surface area (TPSA) is 99.6 Å². The van der Waals surface area contributed by atoms with E-state index in [-0.39, 0.29) is 18.8 Å². The third-order valence-corrected chi connectivity index (χ3v) is 4.96. The van der Waals surface area contributed by atoms with Crippen molar-refractivity contribution in [2.45, 2.75) is 18.9 Å². The lowest BCUT2D eigenvalue weighted by molar-refractivity contribution is 0.0975. The number of methoxy groups -OCH3 is 2. The summed E-state index contributed by atoms with van der Waals surface area (Å²) in [6.07, 6.45) is 2.00. The van der Waals surface area contributed by atoms with Crippen LogP contribution in [0.3, 0.4) is 0 Å². The van der Waals surface area contributed by atoms with E-state index >= 15 is 0 Å². The van der Waals surface area contributed by atoms with Crippen molar-refractivity contribution in [2.75, 3.05) is 39.5 Å². The zero-order chi connectivity index (χ0) is 21.6. The number of hydrogen-bond donors (Lipinski definition) is 2. The lowest BCUT2D eigenvalue weighted by Gasteiger charge is -2.15. The Morgan fingerprint density at radius 2 is 1.87 bits per heavy atom. The predicted octanol–water partition coefficient (Wildman–Crippen LogP) is 2.81. The molecule has 2 aliphatic heterocycles. The summed E-state index contributed by atoms with van der Waals surface area (Å²) in [6.45, 7) is 1.32. The summed E-state index contributed by atoms with van der Waals surface area (Å²) in [5.74, 6) is 2.35. The maximum atomic E-state index is 12.9. The molecule has 0 spiro atoms. The minimum Gasteiger partial charge on any atom is -0.497 e. The molecule has 164 valence electrons. The summed E-state index contributed by atoms with van der Waals surface area (Å²) < 4.78 is 27.0. The van der Waals surface area contributed by atoms with Crippen LogP contribution in [-0.2, 0) is 4.74 Å². The van der Waals surface area contributed by atoms with E-state index in [1.165, 1.54) is 0 Å². The Bertz CT molecular complexity index is 949. The van der Waals surface area contributed by atoms with Crippen LogP contribution in [0, 0.1) is 0 Å². The van der Waals surface area contributed by atoms with Crippen molar-refractivity contribution in [3.8, 4) is 23.0 Å². The third-order valence-electron chi connectivity index (χ3n) is 4.96. The normalized spacial score (nSPS) is 17.4. The highest BCUT2D eigenvalue weighted by Gasteiger charge is 2.19. The van der Waals surface area contributed by atoms with Gasteiger partial charge in [-0.05, 0) is 31.0 Å². The molecule has 4 rings (SSSR count). The van der Waals surface area contributed by atoms with Gasteiger partial charge in [0, 0.05) is 36.1 Å². The number of aliphatic imine (C=N–C) groups is 1. The summed E-state index contributed by atoms with van der Waals surface area (Å²) >= 11 is 0. The van der Waals surface area contributed by atoms with Gasteiger partial charge in [-0.15, -0.1) is 0 Å². The molecule has 31 heavy (non-hydrogen) atoms. The first-order chi connectivity index (χ1) is 15.1. The Morgan fingerprint density at radius 3 is 2.58 bits per heavy atom. The molecule has 1 unspecified atom stereocenters. The van der Waals surface area contributed by atoms with Gasteiger partial charge >= 0.3 is 0 Å². The molecule has 1 amide bonds. The number of ether oxygens (including phenoxy) is 5. The van der Waals surface area contributed by atoms with Gasteiger partial charge in [0.05, 0.1) is 26.9 Å². The van der Waals surface area contributed by atoms with E-state index in [0.717, 1.165) is 19.4 Å². The lowest BCUT2D eigenvalue weighted by Crippen LogP contribution is -2.36. The van der Waals surface area contributed by atoms with Crippen molar-refractivity contribution in [1.29, 1.82) is 0 Å². The molecular weight excluding hydrogens is 402 g/mol. The number of carbonyl (C=O) groups is 1. The summed E-state index contributed by atoms with van der Waals surface area (Å²) in [6, 6.07) is 10.4. The van der Waals surface area contributed by atoms with E-state index in [9.17, 15) is 4.79 Å². The van der Waals surface area contributed by atoms with Crippen LogP contribution < -0.4 is 29.6 Å². The Morgan fingerprint density at radius 1 is 1.10 bits per heavy atom.